The van der Waals surface area contributed by atoms with Crippen molar-refractivity contribution in [3.05, 3.63) is 33.9 Å². The van der Waals surface area contributed by atoms with Gasteiger partial charge in [-0.15, -0.1) is 0 Å². The maximum atomic E-state index is 12.5. The van der Waals surface area contributed by atoms with E-state index in [1.54, 1.807) is 24.1 Å². The van der Waals surface area contributed by atoms with E-state index in [-0.39, 0.29) is 11.6 Å². The first-order valence-corrected chi connectivity index (χ1v) is 7.15. The van der Waals surface area contributed by atoms with Crippen LogP contribution >= 0.6 is 0 Å². The standard InChI is InChI=1S/C15H23N3O3/c1-5-9-16-14-12(7-6-8-13(14)18(20)21)15(19)17(4)10-11(2)3/h6-8,11,16H,5,9-10H2,1-4H3. The smallest absolute Gasteiger partial charge is 0.293 e. The average molecular weight is 293 g/mol. The lowest BCUT2D eigenvalue weighted by atomic mass is 10.1. The Kier molecular flexibility index (Phi) is 6.14. The SMILES string of the molecule is CCCNc1c(C(=O)N(C)CC(C)C)cccc1[N+](=O)[O-]. The molecule has 0 bridgehead atoms. The third-order valence-electron chi connectivity index (χ3n) is 3.01. The van der Waals surface area contributed by atoms with Crippen molar-refractivity contribution in [2.45, 2.75) is 27.2 Å². The van der Waals surface area contributed by atoms with Crippen LogP contribution in [0.2, 0.25) is 0 Å². The number of amides is 1. The van der Waals surface area contributed by atoms with Crippen LogP contribution in [-0.2, 0) is 0 Å². The Bertz CT molecular complexity index is 515. The van der Waals surface area contributed by atoms with Gasteiger partial charge in [-0.1, -0.05) is 26.8 Å². The first-order chi connectivity index (χ1) is 9.88. The van der Waals surface area contributed by atoms with Crippen molar-refractivity contribution in [3.8, 4) is 0 Å². The van der Waals surface area contributed by atoms with E-state index in [1.165, 1.54) is 6.07 Å². The zero-order chi connectivity index (χ0) is 16.0. The van der Waals surface area contributed by atoms with Crippen molar-refractivity contribution in [2.24, 2.45) is 5.92 Å². The number of anilines is 1. The van der Waals surface area contributed by atoms with E-state index in [1.807, 2.05) is 20.8 Å². The van der Waals surface area contributed by atoms with E-state index in [2.05, 4.69) is 5.32 Å². The summed E-state index contributed by atoms with van der Waals surface area (Å²) < 4.78 is 0. The molecule has 0 spiro atoms. The summed E-state index contributed by atoms with van der Waals surface area (Å²) in [5, 5.41) is 14.2. The maximum Gasteiger partial charge on any atom is 0.293 e. The largest absolute Gasteiger partial charge is 0.379 e. The number of rotatable bonds is 7. The number of para-hydroxylation sites is 1. The summed E-state index contributed by atoms with van der Waals surface area (Å²) in [6, 6.07) is 4.59. The minimum absolute atomic E-state index is 0.0627. The van der Waals surface area contributed by atoms with Gasteiger partial charge in [0.1, 0.15) is 5.69 Å². The first kappa shape index (κ1) is 16.9. The van der Waals surface area contributed by atoms with E-state index in [9.17, 15) is 14.9 Å². The van der Waals surface area contributed by atoms with Crippen LogP contribution in [0.1, 0.15) is 37.6 Å². The van der Waals surface area contributed by atoms with E-state index in [0.29, 0.717) is 30.3 Å². The minimum atomic E-state index is -0.461. The molecule has 0 saturated heterocycles. The lowest BCUT2D eigenvalue weighted by Crippen LogP contribution is -2.31. The zero-order valence-electron chi connectivity index (χ0n) is 13.0. The molecule has 0 aliphatic carbocycles. The molecule has 1 rings (SSSR count). The lowest BCUT2D eigenvalue weighted by Gasteiger charge is -2.21. The van der Waals surface area contributed by atoms with Gasteiger partial charge in [0.15, 0.2) is 0 Å². The van der Waals surface area contributed by atoms with Gasteiger partial charge in [0.05, 0.1) is 10.5 Å². The molecule has 0 aromatic heterocycles. The molecule has 6 nitrogen and oxygen atoms in total. The van der Waals surface area contributed by atoms with Crippen LogP contribution in [0.3, 0.4) is 0 Å². The number of hydrogen-bond acceptors (Lipinski definition) is 4. The van der Waals surface area contributed by atoms with Crippen LogP contribution in [0.5, 0.6) is 0 Å². The minimum Gasteiger partial charge on any atom is -0.379 e. The van der Waals surface area contributed by atoms with Crippen molar-refractivity contribution in [1.29, 1.82) is 0 Å². The van der Waals surface area contributed by atoms with Gasteiger partial charge in [-0.05, 0) is 18.4 Å². The number of nitrogens with zero attached hydrogens (tertiary/aromatic N) is 2. The molecule has 0 fully saturated rings. The summed E-state index contributed by atoms with van der Waals surface area (Å²) in [4.78, 5) is 24.8. The second kappa shape index (κ2) is 7.61. The molecule has 0 saturated carbocycles. The van der Waals surface area contributed by atoms with Gasteiger partial charge in [0.2, 0.25) is 0 Å². The topological polar surface area (TPSA) is 75.5 Å². The van der Waals surface area contributed by atoms with Crippen LogP contribution in [0.25, 0.3) is 0 Å². The Balaban J connectivity index is 3.18. The van der Waals surface area contributed by atoms with Gasteiger partial charge in [-0.3, -0.25) is 14.9 Å². The molecule has 1 amide bonds. The highest BCUT2D eigenvalue weighted by Gasteiger charge is 2.23. The molecule has 1 N–H and O–H groups in total. The van der Waals surface area contributed by atoms with Crippen molar-refractivity contribution >= 4 is 17.3 Å². The highest BCUT2D eigenvalue weighted by Crippen LogP contribution is 2.29. The molecule has 0 atom stereocenters. The second-order valence-corrected chi connectivity index (χ2v) is 5.46. The molecule has 1 aromatic rings. The zero-order valence-corrected chi connectivity index (χ0v) is 13.0. The number of nitro groups is 1. The molecule has 0 aliphatic rings. The third-order valence-corrected chi connectivity index (χ3v) is 3.01. The summed E-state index contributed by atoms with van der Waals surface area (Å²) in [5.74, 6) is 0.135. The molecule has 1 aromatic carbocycles. The fraction of sp³-hybridized carbons (Fsp3) is 0.533. The summed E-state index contributed by atoms with van der Waals surface area (Å²) in [6.07, 6.45) is 0.821. The summed E-state index contributed by atoms with van der Waals surface area (Å²) in [6.45, 7) is 7.20. The Hall–Kier alpha value is -2.11. The van der Waals surface area contributed by atoms with E-state index in [4.69, 9.17) is 0 Å². The second-order valence-electron chi connectivity index (χ2n) is 5.46. The number of carbonyl (C=O) groups excluding carboxylic acids is 1. The maximum absolute atomic E-state index is 12.5. The van der Waals surface area contributed by atoms with E-state index in [0.717, 1.165) is 6.42 Å². The molecule has 0 aliphatic heterocycles. The van der Waals surface area contributed by atoms with Gasteiger partial charge in [-0.25, -0.2) is 0 Å². The molecular formula is C15H23N3O3. The van der Waals surface area contributed by atoms with Crippen LogP contribution in [0, 0.1) is 16.0 Å². The van der Waals surface area contributed by atoms with Crippen LogP contribution in [0.4, 0.5) is 11.4 Å². The molecule has 6 heteroatoms. The highest BCUT2D eigenvalue weighted by atomic mass is 16.6. The van der Waals surface area contributed by atoms with E-state index >= 15 is 0 Å². The molecule has 21 heavy (non-hydrogen) atoms. The predicted molar refractivity (Wildman–Crippen MR) is 83.7 cm³/mol. The normalized spacial score (nSPS) is 10.5. The number of nitrogens with one attached hydrogen (secondary N) is 1. The number of hydrogen-bond donors (Lipinski definition) is 1. The highest BCUT2D eigenvalue weighted by molar-refractivity contribution is 6.01. The molecule has 0 unspecified atom stereocenters. The monoisotopic (exact) mass is 293 g/mol. The van der Waals surface area contributed by atoms with Gasteiger partial charge < -0.3 is 10.2 Å². The molecule has 116 valence electrons. The first-order valence-electron chi connectivity index (χ1n) is 7.15. The fourth-order valence-corrected chi connectivity index (χ4v) is 2.14. The van der Waals surface area contributed by atoms with Crippen molar-refractivity contribution in [3.63, 3.8) is 0 Å². The number of benzene rings is 1. The van der Waals surface area contributed by atoms with Crippen LogP contribution in [-0.4, -0.2) is 35.9 Å². The Morgan fingerprint density at radius 2 is 2.10 bits per heavy atom. The molecular weight excluding hydrogens is 270 g/mol. The van der Waals surface area contributed by atoms with Gasteiger partial charge in [0.25, 0.3) is 11.6 Å². The Morgan fingerprint density at radius 1 is 1.43 bits per heavy atom. The van der Waals surface area contributed by atoms with Crippen LogP contribution < -0.4 is 5.32 Å². The fourth-order valence-electron chi connectivity index (χ4n) is 2.14. The summed E-state index contributed by atoms with van der Waals surface area (Å²) >= 11 is 0. The quantitative estimate of drug-likeness (QED) is 0.619. The molecule has 0 heterocycles. The number of carbonyl (C=O) groups is 1. The summed E-state index contributed by atoms with van der Waals surface area (Å²) in [5.41, 5.74) is 0.595. The van der Waals surface area contributed by atoms with Crippen molar-refractivity contribution in [2.75, 3.05) is 25.5 Å². The van der Waals surface area contributed by atoms with Crippen molar-refractivity contribution < 1.29 is 9.72 Å². The van der Waals surface area contributed by atoms with Crippen LogP contribution in [0.15, 0.2) is 18.2 Å². The number of nitro benzene ring substituents is 1. The van der Waals surface area contributed by atoms with Gasteiger partial charge >= 0.3 is 0 Å². The van der Waals surface area contributed by atoms with Crippen molar-refractivity contribution in [1.82, 2.24) is 4.90 Å². The lowest BCUT2D eigenvalue weighted by molar-refractivity contribution is -0.384. The Labute approximate surface area is 125 Å². The average Bonchev–Trinajstić information content (AvgIpc) is 2.42. The molecule has 0 radical (unpaired) electrons. The summed E-state index contributed by atoms with van der Waals surface area (Å²) in [7, 11) is 1.71. The van der Waals surface area contributed by atoms with E-state index < -0.39 is 4.92 Å². The Morgan fingerprint density at radius 3 is 2.62 bits per heavy atom. The van der Waals surface area contributed by atoms with Gasteiger partial charge in [0, 0.05) is 26.2 Å². The third kappa shape index (κ3) is 4.44. The van der Waals surface area contributed by atoms with Gasteiger partial charge in [-0.2, -0.15) is 0 Å². The predicted octanol–water partition coefficient (Wildman–Crippen LogP) is 3.14.